The monoisotopic (exact) mass is 275 g/mol. The van der Waals surface area contributed by atoms with Crippen LogP contribution < -0.4 is 14.8 Å². The molecule has 2 heterocycles. The van der Waals surface area contributed by atoms with Gasteiger partial charge in [0, 0.05) is 24.2 Å². The molecule has 0 aliphatic carbocycles. The molecule has 0 amide bonds. The Balaban J connectivity index is 1.76. The molecule has 0 fully saturated rings. The van der Waals surface area contributed by atoms with E-state index in [4.69, 9.17) is 9.47 Å². The minimum Gasteiger partial charge on any atom is -0.490 e. The minimum atomic E-state index is 0.288. The Kier molecular flexibility index (Phi) is 3.60. The molecule has 1 aliphatic heterocycles. The number of hydrogen-bond acceptors (Lipinski definition) is 4. The molecule has 0 radical (unpaired) electrons. The summed E-state index contributed by atoms with van der Waals surface area (Å²) in [6, 6.07) is 8.46. The Morgan fingerprint density at radius 2 is 2.00 bits per heavy atom. The molecule has 2 aromatic rings. The van der Waals surface area contributed by atoms with Crippen LogP contribution in [0, 0.1) is 0 Å². The number of nitrogens with one attached hydrogen (secondary N) is 1. The van der Waals surface area contributed by atoms with Gasteiger partial charge >= 0.3 is 0 Å². The molecule has 1 aromatic carbocycles. The minimum absolute atomic E-state index is 0.288. The van der Waals surface area contributed by atoms with Crippen molar-refractivity contribution in [3.05, 3.63) is 40.6 Å². The summed E-state index contributed by atoms with van der Waals surface area (Å²) in [7, 11) is 0. The highest BCUT2D eigenvalue weighted by Crippen LogP contribution is 2.33. The lowest BCUT2D eigenvalue weighted by molar-refractivity contribution is 0.297. The van der Waals surface area contributed by atoms with Crippen molar-refractivity contribution in [1.82, 2.24) is 0 Å². The summed E-state index contributed by atoms with van der Waals surface area (Å²) in [5, 5.41) is 7.75. The standard InChI is InChI=1S/C15H17NO2S/c1-11(12-5-8-19-10-12)16-13-3-4-14-15(9-13)18-7-2-6-17-14/h3-5,8-11,16H,2,6-7H2,1H3. The molecule has 0 saturated heterocycles. The van der Waals surface area contributed by atoms with Gasteiger partial charge in [-0.2, -0.15) is 11.3 Å². The lowest BCUT2D eigenvalue weighted by atomic mass is 10.1. The summed E-state index contributed by atoms with van der Waals surface area (Å²) >= 11 is 1.72. The number of hydrogen-bond donors (Lipinski definition) is 1. The lowest BCUT2D eigenvalue weighted by Gasteiger charge is -2.16. The summed E-state index contributed by atoms with van der Waals surface area (Å²) in [5.41, 5.74) is 2.36. The predicted molar refractivity (Wildman–Crippen MR) is 78.4 cm³/mol. The average Bonchev–Trinajstić information content (AvgIpc) is 2.85. The van der Waals surface area contributed by atoms with Gasteiger partial charge in [0.25, 0.3) is 0 Å². The third-order valence-electron chi connectivity index (χ3n) is 3.17. The van der Waals surface area contributed by atoms with E-state index >= 15 is 0 Å². The molecule has 1 atom stereocenters. The Labute approximate surface area is 117 Å². The summed E-state index contributed by atoms with van der Waals surface area (Å²) in [6.07, 6.45) is 0.933. The van der Waals surface area contributed by atoms with E-state index in [0.29, 0.717) is 0 Å². The zero-order valence-corrected chi connectivity index (χ0v) is 11.7. The highest BCUT2D eigenvalue weighted by atomic mass is 32.1. The first-order chi connectivity index (χ1) is 9.33. The van der Waals surface area contributed by atoms with E-state index < -0.39 is 0 Å². The van der Waals surface area contributed by atoms with Crippen molar-refractivity contribution in [3.63, 3.8) is 0 Å². The van der Waals surface area contributed by atoms with Crippen LogP contribution >= 0.6 is 11.3 Å². The van der Waals surface area contributed by atoms with Crippen molar-refractivity contribution in [1.29, 1.82) is 0 Å². The number of benzene rings is 1. The second kappa shape index (κ2) is 5.53. The van der Waals surface area contributed by atoms with Crippen molar-refractivity contribution in [2.24, 2.45) is 0 Å². The van der Waals surface area contributed by atoms with Gasteiger partial charge in [-0.05, 0) is 41.4 Å². The van der Waals surface area contributed by atoms with Crippen molar-refractivity contribution in [2.45, 2.75) is 19.4 Å². The van der Waals surface area contributed by atoms with E-state index in [9.17, 15) is 0 Å². The van der Waals surface area contributed by atoms with Crippen LogP contribution in [0.15, 0.2) is 35.0 Å². The van der Waals surface area contributed by atoms with Crippen LogP contribution in [0.1, 0.15) is 24.9 Å². The Bertz CT molecular complexity index is 539. The fraction of sp³-hybridized carbons (Fsp3) is 0.333. The largest absolute Gasteiger partial charge is 0.490 e. The first-order valence-corrected chi connectivity index (χ1v) is 7.45. The van der Waals surface area contributed by atoms with Gasteiger partial charge in [-0.25, -0.2) is 0 Å². The molecule has 3 rings (SSSR count). The lowest BCUT2D eigenvalue weighted by Crippen LogP contribution is -2.05. The van der Waals surface area contributed by atoms with Gasteiger partial charge in [0.15, 0.2) is 11.5 Å². The van der Waals surface area contributed by atoms with E-state index in [1.807, 2.05) is 18.2 Å². The highest BCUT2D eigenvalue weighted by Gasteiger charge is 2.12. The first-order valence-electron chi connectivity index (χ1n) is 6.51. The van der Waals surface area contributed by atoms with Crippen molar-refractivity contribution in [2.75, 3.05) is 18.5 Å². The fourth-order valence-electron chi connectivity index (χ4n) is 2.11. The second-order valence-electron chi connectivity index (χ2n) is 4.63. The molecule has 0 saturated carbocycles. The molecule has 1 aromatic heterocycles. The van der Waals surface area contributed by atoms with Crippen LogP contribution in [0.2, 0.25) is 0 Å². The molecule has 1 aliphatic rings. The number of ether oxygens (including phenoxy) is 2. The van der Waals surface area contributed by atoms with E-state index in [2.05, 4.69) is 29.1 Å². The van der Waals surface area contributed by atoms with Crippen LogP contribution in [0.5, 0.6) is 11.5 Å². The Morgan fingerprint density at radius 1 is 1.16 bits per heavy atom. The maximum Gasteiger partial charge on any atom is 0.163 e. The van der Waals surface area contributed by atoms with Gasteiger partial charge in [0.2, 0.25) is 0 Å². The summed E-state index contributed by atoms with van der Waals surface area (Å²) in [4.78, 5) is 0. The van der Waals surface area contributed by atoms with Crippen molar-refractivity contribution >= 4 is 17.0 Å². The van der Waals surface area contributed by atoms with E-state index in [1.54, 1.807) is 11.3 Å². The van der Waals surface area contributed by atoms with Crippen molar-refractivity contribution in [3.8, 4) is 11.5 Å². The molecule has 0 bridgehead atoms. The maximum absolute atomic E-state index is 5.70. The zero-order valence-electron chi connectivity index (χ0n) is 10.9. The molecule has 19 heavy (non-hydrogen) atoms. The van der Waals surface area contributed by atoms with E-state index in [0.717, 1.165) is 36.8 Å². The van der Waals surface area contributed by atoms with Crippen LogP contribution in [-0.4, -0.2) is 13.2 Å². The molecule has 100 valence electrons. The quantitative estimate of drug-likeness (QED) is 0.915. The molecule has 0 spiro atoms. The summed E-state index contributed by atoms with van der Waals surface area (Å²) in [5.74, 6) is 1.67. The van der Waals surface area contributed by atoms with E-state index in [-0.39, 0.29) is 6.04 Å². The van der Waals surface area contributed by atoms with Crippen LogP contribution in [0.3, 0.4) is 0 Å². The summed E-state index contributed by atoms with van der Waals surface area (Å²) in [6.45, 7) is 3.60. The van der Waals surface area contributed by atoms with Gasteiger partial charge in [-0.1, -0.05) is 0 Å². The normalized spacial score (nSPS) is 15.6. The highest BCUT2D eigenvalue weighted by molar-refractivity contribution is 7.07. The number of thiophene rings is 1. The molecule has 1 unspecified atom stereocenters. The third kappa shape index (κ3) is 2.84. The van der Waals surface area contributed by atoms with Crippen LogP contribution in [-0.2, 0) is 0 Å². The molecule has 1 N–H and O–H groups in total. The Hall–Kier alpha value is -1.68. The SMILES string of the molecule is CC(Nc1ccc2c(c1)OCCCO2)c1ccsc1. The average molecular weight is 275 g/mol. The van der Waals surface area contributed by atoms with Gasteiger partial charge in [-0.15, -0.1) is 0 Å². The van der Waals surface area contributed by atoms with Gasteiger partial charge in [0.1, 0.15) is 0 Å². The molecular weight excluding hydrogens is 258 g/mol. The summed E-state index contributed by atoms with van der Waals surface area (Å²) < 4.78 is 11.3. The van der Waals surface area contributed by atoms with Crippen LogP contribution in [0.4, 0.5) is 5.69 Å². The predicted octanol–water partition coefficient (Wildman–Crippen LogP) is 4.08. The van der Waals surface area contributed by atoms with E-state index in [1.165, 1.54) is 5.56 Å². The van der Waals surface area contributed by atoms with Gasteiger partial charge < -0.3 is 14.8 Å². The van der Waals surface area contributed by atoms with Gasteiger partial charge in [-0.3, -0.25) is 0 Å². The molecule has 4 heteroatoms. The Morgan fingerprint density at radius 3 is 2.79 bits per heavy atom. The van der Waals surface area contributed by atoms with Crippen LogP contribution in [0.25, 0.3) is 0 Å². The molecular formula is C15H17NO2S. The maximum atomic E-state index is 5.70. The second-order valence-corrected chi connectivity index (χ2v) is 5.41. The topological polar surface area (TPSA) is 30.5 Å². The third-order valence-corrected chi connectivity index (χ3v) is 3.88. The van der Waals surface area contributed by atoms with Crippen molar-refractivity contribution < 1.29 is 9.47 Å². The smallest absolute Gasteiger partial charge is 0.163 e. The van der Waals surface area contributed by atoms with Gasteiger partial charge in [0.05, 0.1) is 13.2 Å². The number of fused-ring (bicyclic) bond motifs is 1. The number of anilines is 1. The first kappa shape index (κ1) is 12.4. The molecule has 3 nitrogen and oxygen atoms in total. The zero-order chi connectivity index (χ0) is 13.1. The number of rotatable bonds is 3. The fourth-order valence-corrected chi connectivity index (χ4v) is 2.86.